The van der Waals surface area contributed by atoms with Crippen LogP contribution in [0.4, 0.5) is 5.69 Å². The number of hydrogen-bond acceptors (Lipinski definition) is 2. The van der Waals surface area contributed by atoms with Crippen LogP contribution in [0, 0.1) is 3.57 Å². The van der Waals surface area contributed by atoms with Crippen molar-refractivity contribution in [2.24, 2.45) is 0 Å². The first-order valence-corrected chi connectivity index (χ1v) is 5.59. The second kappa shape index (κ2) is 3.05. The molecule has 0 aliphatic carbocycles. The van der Waals surface area contributed by atoms with Gasteiger partial charge in [0.1, 0.15) is 0 Å². The predicted molar refractivity (Wildman–Crippen MR) is 64.0 cm³/mol. The van der Waals surface area contributed by atoms with Gasteiger partial charge in [-0.15, -0.1) is 11.3 Å². The lowest BCUT2D eigenvalue weighted by Crippen LogP contribution is -1.84. The Morgan fingerprint density at radius 1 is 1.42 bits per heavy atom. The Morgan fingerprint density at radius 3 is 2.83 bits per heavy atom. The topological polar surface area (TPSA) is 26.0 Å². The first kappa shape index (κ1) is 8.59. The van der Waals surface area contributed by atoms with Gasteiger partial charge in [-0.1, -0.05) is 11.6 Å². The zero-order valence-corrected chi connectivity index (χ0v) is 9.70. The van der Waals surface area contributed by atoms with E-state index in [2.05, 4.69) is 22.6 Å². The van der Waals surface area contributed by atoms with Gasteiger partial charge in [0, 0.05) is 14.6 Å². The molecule has 2 rings (SSSR count). The van der Waals surface area contributed by atoms with Crippen LogP contribution < -0.4 is 5.73 Å². The second-order valence-corrected chi connectivity index (χ2v) is 5.28. The average Bonchev–Trinajstić information content (AvgIpc) is 2.41. The summed E-state index contributed by atoms with van der Waals surface area (Å²) in [5.74, 6) is 0. The highest BCUT2D eigenvalue weighted by Gasteiger charge is 2.05. The lowest BCUT2D eigenvalue weighted by atomic mass is 10.2. The summed E-state index contributed by atoms with van der Waals surface area (Å²) in [6.07, 6.45) is 0. The van der Waals surface area contributed by atoms with Crippen LogP contribution in [0.25, 0.3) is 10.1 Å². The minimum Gasteiger partial charge on any atom is -0.398 e. The molecule has 2 aromatic rings. The van der Waals surface area contributed by atoms with E-state index < -0.39 is 0 Å². The molecule has 0 unspecified atom stereocenters. The van der Waals surface area contributed by atoms with Crippen LogP contribution in [0.15, 0.2) is 18.2 Å². The Hall–Kier alpha value is -0.000000000000000111. The number of nitrogen functional groups attached to an aromatic ring is 1. The number of thiophene rings is 1. The van der Waals surface area contributed by atoms with E-state index >= 15 is 0 Å². The van der Waals surface area contributed by atoms with E-state index in [9.17, 15) is 0 Å². The number of nitrogens with two attached hydrogens (primary N) is 1. The van der Waals surface area contributed by atoms with Gasteiger partial charge < -0.3 is 5.73 Å². The van der Waals surface area contributed by atoms with Crippen molar-refractivity contribution >= 4 is 61.3 Å². The number of rotatable bonds is 0. The van der Waals surface area contributed by atoms with E-state index in [1.807, 2.05) is 18.2 Å². The third-order valence-electron chi connectivity index (χ3n) is 1.64. The molecule has 0 saturated heterocycles. The predicted octanol–water partition coefficient (Wildman–Crippen LogP) is 3.74. The smallest absolute Gasteiger partial charge is 0.0942 e. The molecule has 0 aliphatic heterocycles. The highest BCUT2D eigenvalue weighted by molar-refractivity contribution is 14.1. The molecule has 62 valence electrons. The molecule has 0 bridgehead atoms. The van der Waals surface area contributed by atoms with Gasteiger partial charge >= 0.3 is 0 Å². The molecule has 0 aliphatic rings. The van der Waals surface area contributed by atoms with Crippen molar-refractivity contribution in [3.8, 4) is 0 Å². The SMILES string of the molecule is Nc1ccc(I)c2sc(Cl)cc12. The Labute approximate surface area is 92.7 Å². The lowest BCUT2D eigenvalue weighted by molar-refractivity contribution is 1.76. The van der Waals surface area contributed by atoms with E-state index in [0.717, 1.165) is 15.4 Å². The van der Waals surface area contributed by atoms with Crippen LogP contribution in [0.5, 0.6) is 0 Å². The molecule has 0 amide bonds. The molecule has 0 fully saturated rings. The van der Waals surface area contributed by atoms with Crippen molar-refractivity contribution in [2.75, 3.05) is 5.73 Å². The summed E-state index contributed by atoms with van der Waals surface area (Å²) in [5.41, 5.74) is 6.58. The maximum Gasteiger partial charge on any atom is 0.0942 e. The van der Waals surface area contributed by atoms with Gasteiger partial charge in [0.15, 0.2) is 0 Å². The van der Waals surface area contributed by atoms with E-state index in [-0.39, 0.29) is 0 Å². The average molecular weight is 310 g/mol. The number of hydrogen-bond donors (Lipinski definition) is 1. The van der Waals surface area contributed by atoms with E-state index in [1.165, 1.54) is 8.27 Å². The summed E-state index contributed by atoms with van der Waals surface area (Å²) in [4.78, 5) is 0. The minimum atomic E-state index is 0.792. The number of anilines is 1. The van der Waals surface area contributed by atoms with Gasteiger partial charge in [0.25, 0.3) is 0 Å². The molecule has 1 aromatic heterocycles. The summed E-state index contributed by atoms with van der Waals surface area (Å²) < 4.78 is 3.18. The first-order valence-electron chi connectivity index (χ1n) is 3.31. The third kappa shape index (κ3) is 1.30. The molecule has 0 spiro atoms. The molecular formula is C8H5ClINS. The van der Waals surface area contributed by atoms with Crippen molar-refractivity contribution in [1.29, 1.82) is 0 Å². The van der Waals surface area contributed by atoms with Crippen molar-refractivity contribution in [3.05, 3.63) is 26.1 Å². The fourth-order valence-electron chi connectivity index (χ4n) is 1.08. The minimum absolute atomic E-state index is 0.792. The van der Waals surface area contributed by atoms with Crippen LogP contribution in [0.2, 0.25) is 4.34 Å². The zero-order chi connectivity index (χ0) is 8.72. The van der Waals surface area contributed by atoms with Gasteiger partial charge in [-0.25, -0.2) is 0 Å². The second-order valence-electron chi connectivity index (χ2n) is 2.43. The standard InChI is InChI=1S/C8H5ClINS/c9-7-3-4-6(11)2-1-5(10)8(4)12-7/h1-3H,11H2. The molecule has 1 nitrogen and oxygen atoms in total. The molecule has 4 heteroatoms. The fourth-order valence-corrected chi connectivity index (χ4v) is 3.05. The number of benzene rings is 1. The molecule has 2 N–H and O–H groups in total. The largest absolute Gasteiger partial charge is 0.398 e. The molecular weight excluding hydrogens is 305 g/mol. The number of fused-ring (bicyclic) bond motifs is 1. The quantitative estimate of drug-likeness (QED) is 0.582. The van der Waals surface area contributed by atoms with Gasteiger partial charge in [-0.05, 0) is 40.8 Å². The summed E-state index contributed by atoms with van der Waals surface area (Å²) in [7, 11) is 0. The molecule has 1 heterocycles. The van der Waals surface area contributed by atoms with Crippen LogP contribution in [0.3, 0.4) is 0 Å². The van der Waals surface area contributed by atoms with E-state index in [4.69, 9.17) is 17.3 Å². The van der Waals surface area contributed by atoms with Crippen molar-refractivity contribution in [3.63, 3.8) is 0 Å². The van der Waals surface area contributed by atoms with Crippen LogP contribution in [-0.2, 0) is 0 Å². The molecule has 0 saturated carbocycles. The van der Waals surface area contributed by atoms with Crippen LogP contribution >= 0.6 is 45.5 Å². The van der Waals surface area contributed by atoms with Crippen LogP contribution in [-0.4, -0.2) is 0 Å². The summed E-state index contributed by atoms with van der Waals surface area (Å²) in [5, 5.41) is 1.07. The van der Waals surface area contributed by atoms with E-state index in [1.54, 1.807) is 11.3 Å². The monoisotopic (exact) mass is 309 g/mol. The summed E-state index contributed by atoms with van der Waals surface area (Å²) >= 11 is 9.74. The van der Waals surface area contributed by atoms with Gasteiger partial charge in [0.05, 0.1) is 9.04 Å². The van der Waals surface area contributed by atoms with Gasteiger partial charge in [-0.2, -0.15) is 0 Å². The zero-order valence-electron chi connectivity index (χ0n) is 5.97. The van der Waals surface area contributed by atoms with E-state index in [0.29, 0.717) is 0 Å². The fraction of sp³-hybridized carbons (Fsp3) is 0. The molecule has 1 aromatic carbocycles. The Balaban J connectivity index is 2.93. The molecule has 0 atom stereocenters. The first-order chi connectivity index (χ1) is 5.68. The maximum absolute atomic E-state index is 5.89. The highest BCUT2D eigenvalue weighted by atomic mass is 127. The Kier molecular flexibility index (Phi) is 2.18. The lowest BCUT2D eigenvalue weighted by Gasteiger charge is -1.96. The van der Waals surface area contributed by atoms with Crippen molar-refractivity contribution in [1.82, 2.24) is 0 Å². The maximum atomic E-state index is 5.89. The summed E-state index contributed by atoms with van der Waals surface area (Å²) in [6, 6.07) is 5.83. The molecule has 12 heavy (non-hydrogen) atoms. The van der Waals surface area contributed by atoms with Crippen molar-refractivity contribution in [2.45, 2.75) is 0 Å². The highest BCUT2D eigenvalue weighted by Crippen LogP contribution is 2.35. The Bertz CT molecular complexity index is 399. The van der Waals surface area contributed by atoms with Crippen LogP contribution in [0.1, 0.15) is 0 Å². The normalized spacial score (nSPS) is 10.8. The molecule has 0 radical (unpaired) electrons. The van der Waals surface area contributed by atoms with Gasteiger partial charge in [-0.3, -0.25) is 0 Å². The summed E-state index contributed by atoms with van der Waals surface area (Å²) in [6.45, 7) is 0. The third-order valence-corrected chi connectivity index (χ3v) is 4.20. The number of halogens is 2. The van der Waals surface area contributed by atoms with Gasteiger partial charge in [0.2, 0.25) is 0 Å². The Morgan fingerprint density at radius 2 is 2.17 bits per heavy atom. The van der Waals surface area contributed by atoms with Crippen molar-refractivity contribution < 1.29 is 0 Å².